The second-order valence-corrected chi connectivity index (χ2v) is 5.98. The van der Waals surface area contributed by atoms with Crippen LogP contribution < -0.4 is 10.1 Å². The molecule has 2 N–H and O–H groups in total. The van der Waals surface area contributed by atoms with Crippen molar-refractivity contribution in [3.05, 3.63) is 29.8 Å². The molecule has 120 valence electrons. The molecule has 0 saturated carbocycles. The van der Waals surface area contributed by atoms with E-state index >= 15 is 0 Å². The summed E-state index contributed by atoms with van der Waals surface area (Å²) in [5.41, 5.74) is 0.120. The van der Waals surface area contributed by atoms with Crippen molar-refractivity contribution in [2.24, 2.45) is 5.41 Å². The summed E-state index contributed by atoms with van der Waals surface area (Å²) in [5.74, 6) is -0.0925. The number of methoxy groups -OCH3 is 1. The smallest absolute Gasteiger partial charge is 0.317 e. The second kappa shape index (κ2) is 6.25. The molecule has 1 fully saturated rings. The van der Waals surface area contributed by atoms with E-state index < -0.39 is 11.4 Å². The molecule has 0 spiro atoms. The van der Waals surface area contributed by atoms with Gasteiger partial charge in [-0.05, 0) is 38.0 Å². The van der Waals surface area contributed by atoms with Crippen LogP contribution in [0.3, 0.4) is 0 Å². The van der Waals surface area contributed by atoms with Gasteiger partial charge in [0.25, 0.3) is 0 Å². The molecule has 0 aliphatic carbocycles. The third-order valence-electron chi connectivity index (χ3n) is 4.23. The highest BCUT2D eigenvalue weighted by atomic mass is 16.5. The number of hydrogen-bond donors (Lipinski definition) is 2. The fourth-order valence-electron chi connectivity index (χ4n) is 2.56. The number of urea groups is 1. The Morgan fingerprint density at radius 3 is 2.50 bits per heavy atom. The maximum absolute atomic E-state index is 12.3. The molecule has 1 saturated heterocycles. The first-order valence-electron chi connectivity index (χ1n) is 7.28. The van der Waals surface area contributed by atoms with E-state index in [0.29, 0.717) is 13.0 Å². The lowest BCUT2D eigenvalue weighted by atomic mass is 9.90. The molecule has 2 amide bonds. The molecule has 0 radical (unpaired) electrons. The highest BCUT2D eigenvalue weighted by Gasteiger charge is 2.42. The summed E-state index contributed by atoms with van der Waals surface area (Å²) in [4.78, 5) is 25.0. The average molecular weight is 306 g/mol. The number of likely N-dealkylation sites (tertiary alicyclic amines) is 1. The van der Waals surface area contributed by atoms with E-state index in [9.17, 15) is 14.7 Å². The van der Waals surface area contributed by atoms with Crippen molar-refractivity contribution in [3.63, 3.8) is 0 Å². The first kappa shape index (κ1) is 16.1. The Hall–Kier alpha value is -2.24. The Balaban J connectivity index is 1.95. The fraction of sp³-hybridized carbons (Fsp3) is 0.500. The summed E-state index contributed by atoms with van der Waals surface area (Å²) in [5, 5.41) is 12.1. The van der Waals surface area contributed by atoms with Gasteiger partial charge in [-0.2, -0.15) is 0 Å². The first-order chi connectivity index (χ1) is 10.4. The largest absolute Gasteiger partial charge is 0.497 e. The van der Waals surface area contributed by atoms with Crippen LogP contribution in [0.25, 0.3) is 0 Å². The number of benzene rings is 1. The average Bonchev–Trinajstić information content (AvgIpc) is 2.91. The van der Waals surface area contributed by atoms with Crippen molar-refractivity contribution in [1.29, 1.82) is 0 Å². The molecule has 2 rings (SSSR count). The highest BCUT2D eigenvalue weighted by Crippen LogP contribution is 2.30. The van der Waals surface area contributed by atoms with Crippen molar-refractivity contribution in [2.45, 2.75) is 26.3 Å². The highest BCUT2D eigenvalue weighted by molar-refractivity contribution is 5.79. The van der Waals surface area contributed by atoms with Gasteiger partial charge in [0.15, 0.2) is 0 Å². The lowest BCUT2D eigenvalue weighted by Crippen LogP contribution is -2.41. The lowest BCUT2D eigenvalue weighted by Gasteiger charge is -2.23. The minimum absolute atomic E-state index is 0.157. The van der Waals surface area contributed by atoms with Crippen LogP contribution in [0.5, 0.6) is 5.75 Å². The molecule has 1 aromatic carbocycles. The number of nitrogens with one attached hydrogen (secondary N) is 1. The zero-order chi connectivity index (χ0) is 16.3. The zero-order valence-corrected chi connectivity index (χ0v) is 13.1. The molecular formula is C16H22N2O4. The Labute approximate surface area is 130 Å². The van der Waals surface area contributed by atoms with Gasteiger partial charge in [-0.15, -0.1) is 0 Å². The third kappa shape index (κ3) is 3.32. The molecule has 2 atom stereocenters. The van der Waals surface area contributed by atoms with Gasteiger partial charge in [0.05, 0.1) is 18.6 Å². The Morgan fingerprint density at radius 1 is 1.36 bits per heavy atom. The SMILES string of the molecule is COc1ccc(C(C)NC(=O)N2CCC(C)(C(=O)O)C2)cc1. The third-order valence-corrected chi connectivity index (χ3v) is 4.23. The van der Waals surface area contributed by atoms with E-state index in [1.807, 2.05) is 31.2 Å². The number of carboxylic acids is 1. The van der Waals surface area contributed by atoms with Crippen molar-refractivity contribution < 1.29 is 19.4 Å². The molecule has 0 aromatic heterocycles. The van der Waals surface area contributed by atoms with Crippen LogP contribution in [0.15, 0.2) is 24.3 Å². The van der Waals surface area contributed by atoms with Gasteiger partial charge in [0.2, 0.25) is 0 Å². The van der Waals surface area contributed by atoms with E-state index in [0.717, 1.165) is 11.3 Å². The van der Waals surface area contributed by atoms with Gasteiger partial charge in [-0.25, -0.2) is 4.79 Å². The van der Waals surface area contributed by atoms with Gasteiger partial charge < -0.3 is 20.1 Å². The van der Waals surface area contributed by atoms with E-state index in [-0.39, 0.29) is 18.6 Å². The van der Waals surface area contributed by atoms with E-state index in [2.05, 4.69) is 5.32 Å². The lowest BCUT2D eigenvalue weighted by molar-refractivity contribution is -0.146. The molecule has 1 heterocycles. The summed E-state index contributed by atoms with van der Waals surface area (Å²) in [7, 11) is 1.60. The van der Waals surface area contributed by atoms with Crippen LogP contribution >= 0.6 is 0 Å². The molecule has 0 bridgehead atoms. The predicted molar refractivity (Wildman–Crippen MR) is 81.9 cm³/mol. The van der Waals surface area contributed by atoms with E-state index in [4.69, 9.17) is 4.74 Å². The molecule has 6 heteroatoms. The molecular weight excluding hydrogens is 284 g/mol. The number of amides is 2. The zero-order valence-electron chi connectivity index (χ0n) is 13.1. The minimum atomic E-state index is -0.856. The number of rotatable bonds is 4. The number of carbonyl (C=O) groups is 2. The summed E-state index contributed by atoms with van der Waals surface area (Å²) in [6.45, 7) is 4.27. The van der Waals surface area contributed by atoms with Gasteiger partial charge in [-0.1, -0.05) is 12.1 Å². The summed E-state index contributed by atoms with van der Waals surface area (Å²) < 4.78 is 5.11. The predicted octanol–water partition coefficient (Wildman–Crippen LogP) is 2.26. The molecule has 6 nitrogen and oxygen atoms in total. The Morgan fingerprint density at radius 2 is 2.00 bits per heavy atom. The summed E-state index contributed by atoms with van der Waals surface area (Å²) >= 11 is 0. The monoisotopic (exact) mass is 306 g/mol. The normalized spacial score (nSPS) is 22.2. The molecule has 22 heavy (non-hydrogen) atoms. The van der Waals surface area contributed by atoms with Gasteiger partial charge in [0, 0.05) is 13.1 Å². The Kier molecular flexibility index (Phi) is 4.59. The maximum atomic E-state index is 12.3. The van der Waals surface area contributed by atoms with Crippen LogP contribution in [0.1, 0.15) is 31.9 Å². The number of hydrogen-bond acceptors (Lipinski definition) is 3. The van der Waals surface area contributed by atoms with Gasteiger partial charge in [-0.3, -0.25) is 4.79 Å². The first-order valence-corrected chi connectivity index (χ1v) is 7.28. The van der Waals surface area contributed by atoms with Crippen LogP contribution in [-0.2, 0) is 4.79 Å². The summed E-state index contributed by atoms with van der Waals surface area (Å²) in [6, 6.07) is 7.10. The number of ether oxygens (including phenoxy) is 1. The van der Waals surface area contributed by atoms with Crippen LogP contribution in [0.4, 0.5) is 4.79 Å². The number of aliphatic carboxylic acids is 1. The quantitative estimate of drug-likeness (QED) is 0.894. The van der Waals surface area contributed by atoms with E-state index in [1.54, 1.807) is 18.9 Å². The standard InChI is InChI=1S/C16H22N2O4/c1-11(12-4-6-13(22-3)7-5-12)17-15(21)18-9-8-16(2,10-18)14(19)20/h4-7,11H,8-10H2,1-3H3,(H,17,21)(H,19,20). The maximum Gasteiger partial charge on any atom is 0.317 e. The Bertz CT molecular complexity index is 558. The van der Waals surface area contributed by atoms with Crippen LogP contribution in [-0.4, -0.2) is 42.2 Å². The number of carboxylic acid groups (broad SMARTS) is 1. The molecule has 1 aliphatic heterocycles. The molecule has 1 aromatic rings. The van der Waals surface area contributed by atoms with Crippen LogP contribution in [0, 0.1) is 5.41 Å². The van der Waals surface area contributed by atoms with Gasteiger partial charge in [0.1, 0.15) is 5.75 Å². The van der Waals surface area contributed by atoms with E-state index in [1.165, 1.54) is 0 Å². The topological polar surface area (TPSA) is 78.9 Å². The number of nitrogens with zero attached hydrogens (tertiary/aromatic N) is 1. The second-order valence-electron chi connectivity index (χ2n) is 5.98. The van der Waals surface area contributed by atoms with Crippen LogP contribution in [0.2, 0.25) is 0 Å². The number of carbonyl (C=O) groups excluding carboxylic acids is 1. The van der Waals surface area contributed by atoms with Crippen molar-refractivity contribution in [3.8, 4) is 5.75 Å². The van der Waals surface area contributed by atoms with Crippen molar-refractivity contribution in [1.82, 2.24) is 10.2 Å². The van der Waals surface area contributed by atoms with Crippen molar-refractivity contribution >= 4 is 12.0 Å². The van der Waals surface area contributed by atoms with Crippen molar-refractivity contribution in [2.75, 3.05) is 20.2 Å². The fourth-order valence-corrected chi connectivity index (χ4v) is 2.56. The molecule has 1 aliphatic rings. The van der Waals surface area contributed by atoms with Gasteiger partial charge >= 0.3 is 12.0 Å². The summed E-state index contributed by atoms with van der Waals surface area (Å²) in [6.07, 6.45) is 0.479. The molecule has 2 unspecified atom stereocenters. The minimum Gasteiger partial charge on any atom is -0.497 e.